The number of aromatic hydroxyl groups is 1. The van der Waals surface area contributed by atoms with E-state index in [1.165, 1.54) is 31.3 Å². The molecule has 0 saturated carbocycles. The fourth-order valence-electron chi connectivity index (χ4n) is 2.15. The number of sulfone groups is 1. The maximum absolute atomic E-state index is 12.8. The highest BCUT2D eigenvalue weighted by Gasteiger charge is 2.24. The summed E-state index contributed by atoms with van der Waals surface area (Å²) in [5, 5.41) is 9.70. The van der Waals surface area contributed by atoms with Crippen LogP contribution in [0.3, 0.4) is 0 Å². The van der Waals surface area contributed by atoms with Crippen LogP contribution in [0.1, 0.15) is 10.4 Å². The van der Waals surface area contributed by atoms with E-state index in [0.29, 0.717) is 0 Å². The van der Waals surface area contributed by atoms with E-state index in [1.54, 1.807) is 0 Å². The SMILES string of the molecule is COC(=O)c1cc(S(=O)(=O)N(C)c2ccc(S(C)(=O)=O)cc2)ccc1O. The number of benzene rings is 2. The number of carbonyl (C=O) groups excluding carboxylic acids is 1. The summed E-state index contributed by atoms with van der Waals surface area (Å²) in [6, 6.07) is 8.56. The van der Waals surface area contributed by atoms with Crippen LogP contribution in [-0.2, 0) is 24.6 Å². The minimum absolute atomic E-state index is 0.0599. The van der Waals surface area contributed by atoms with Crippen LogP contribution in [0, 0.1) is 0 Å². The molecule has 8 nitrogen and oxygen atoms in total. The van der Waals surface area contributed by atoms with E-state index in [9.17, 15) is 26.7 Å². The first-order valence-corrected chi connectivity index (χ1v) is 10.5. The van der Waals surface area contributed by atoms with Crippen LogP contribution < -0.4 is 4.31 Å². The molecular weight excluding hydrogens is 382 g/mol. The molecule has 0 aliphatic carbocycles. The van der Waals surface area contributed by atoms with Crippen LogP contribution in [0.25, 0.3) is 0 Å². The molecule has 0 fully saturated rings. The van der Waals surface area contributed by atoms with Gasteiger partial charge in [-0.15, -0.1) is 0 Å². The Morgan fingerprint density at radius 1 is 1.00 bits per heavy atom. The lowest BCUT2D eigenvalue weighted by molar-refractivity contribution is 0.0597. The highest BCUT2D eigenvalue weighted by Crippen LogP contribution is 2.27. The Morgan fingerprint density at radius 2 is 1.54 bits per heavy atom. The number of carbonyl (C=O) groups is 1. The first-order valence-electron chi connectivity index (χ1n) is 7.19. The number of nitrogens with zero attached hydrogens (tertiary/aromatic N) is 1. The third-order valence-corrected chi connectivity index (χ3v) is 6.57. The zero-order valence-corrected chi connectivity index (χ0v) is 15.8. The molecule has 0 saturated heterocycles. The minimum Gasteiger partial charge on any atom is -0.507 e. The number of hydrogen-bond acceptors (Lipinski definition) is 7. The molecule has 2 rings (SSSR count). The smallest absolute Gasteiger partial charge is 0.341 e. The van der Waals surface area contributed by atoms with Crippen LogP contribution in [0.4, 0.5) is 5.69 Å². The lowest BCUT2D eigenvalue weighted by atomic mass is 10.2. The van der Waals surface area contributed by atoms with Crippen molar-refractivity contribution in [2.24, 2.45) is 0 Å². The molecule has 0 spiro atoms. The zero-order chi connectivity index (χ0) is 19.7. The molecule has 0 atom stereocenters. The van der Waals surface area contributed by atoms with E-state index >= 15 is 0 Å². The lowest BCUT2D eigenvalue weighted by Crippen LogP contribution is -2.26. The second kappa shape index (κ2) is 6.96. The lowest BCUT2D eigenvalue weighted by Gasteiger charge is -2.20. The van der Waals surface area contributed by atoms with Gasteiger partial charge in [0, 0.05) is 13.3 Å². The number of phenols is 1. The Balaban J connectivity index is 2.45. The topological polar surface area (TPSA) is 118 Å². The molecular formula is C16H17NO7S2. The molecule has 0 aromatic heterocycles. The first kappa shape index (κ1) is 19.7. The van der Waals surface area contributed by atoms with Crippen molar-refractivity contribution >= 4 is 31.5 Å². The molecule has 0 heterocycles. The quantitative estimate of drug-likeness (QED) is 0.755. The Bertz CT molecular complexity index is 1040. The van der Waals surface area contributed by atoms with Gasteiger partial charge >= 0.3 is 5.97 Å². The molecule has 2 aromatic rings. The normalized spacial score (nSPS) is 11.8. The Hall–Kier alpha value is -2.59. The van der Waals surface area contributed by atoms with Crippen LogP contribution >= 0.6 is 0 Å². The molecule has 26 heavy (non-hydrogen) atoms. The van der Waals surface area contributed by atoms with E-state index in [1.807, 2.05) is 0 Å². The van der Waals surface area contributed by atoms with Crippen molar-refractivity contribution in [2.45, 2.75) is 9.79 Å². The predicted molar refractivity (Wildman–Crippen MR) is 94.6 cm³/mol. The van der Waals surface area contributed by atoms with Gasteiger partial charge in [-0.05, 0) is 42.5 Å². The Labute approximate surface area is 151 Å². The summed E-state index contributed by atoms with van der Waals surface area (Å²) in [6.45, 7) is 0. The number of esters is 1. The number of ether oxygens (including phenoxy) is 1. The van der Waals surface area contributed by atoms with Gasteiger partial charge in [-0.3, -0.25) is 4.31 Å². The molecule has 0 unspecified atom stereocenters. The zero-order valence-electron chi connectivity index (χ0n) is 14.2. The van der Waals surface area contributed by atoms with Gasteiger partial charge in [-0.2, -0.15) is 0 Å². The van der Waals surface area contributed by atoms with Gasteiger partial charge in [0.2, 0.25) is 0 Å². The molecule has 2 aromatic carbocycles. The van der Waals surface area contributed by atoms with Gasteiger partial charge in [-0.25, -0.2) is 21.6 Å². The van der Waals surface area contributed by atoms with E-state index in [2.05, 4.69) is 4.74 Å². The number of anilines is 1. The van der Waals surface area contributed by atoms with Gasteiger partial charge in [0.25, 0.3) is 10.0 Å². The fourth-order valence-corrected chi connectivity index (χ4v) is 4.00. The summed E-state index contributed by atoms with van der Waals surface area (Å²) in [5.74, 6) is -1.28. The summed E-state index contributed by atoms with van der Waals surface area (Å²) in [5.41, 5.74) is -0.0560. The molecule has 140 valence electrons. The van der Waals surface area contributed by atoms with Crippen molar-refractivity contribution in [3.05, 3.63) is 48.0 Å². The largest absolute Gasteiger partial charge is 0.507 e. The average Bonchev–Trinajstić information content (AvgIpc) is 2.60. The molecule has 0 aliphatic heterocycles. The fraction of sp³-hybridized carbons (Fsp3) is 0.188. The maximum atomic E-state index is 12.8. The van der Waals surface area contributed by atoms with Gasteiger partial charge < -0.3 is 9.84 Å². The Kier molecular flexibility index (Phi) is 5.28. The summed E-state index contributed by atoms with van der Waals surface area (Å²) >= 11 is 0. The molecule has 0 bridgehead atoms. The standard InChI is InChI=1S/C16H17NO7S2/c1-17(11-4-6-12(7-5-11)25(3,20)21)26(22,23)13-8-9-15(18)14(10-13)16(19)24-2/h4-10,18H,1-3H3. The van der Waals surface area contributed by atoms with Gasteiger partial charge in [0.05, 0.1) is 22.6 Å². The van der Waals surface area contributed by atoms with Crippen molar-refractivity contribution < 1.29 is 31.5 Å². The van der Waals surface area contributed by atoms with Gasteiger partial charge in [-0.1, -0.05) is 0 Å². The van der Waals surface area contributed by atoms with Crippen molar-refractivity contribution in [2.75, 3.05) is 24.7 Å². The van der Waals surface area contributed by atoms with Gasteiger partial charge in [0.15, 0.2) is 9.84 Å². The first-order chi connectivity index (χ1) is 12.0. The van der Waals surface area contributed by atoms with E-state index < -0.39 is 31.6 Å². The summed E-state index contributed by atoms with van der Waals surface area (Å²) in [4.78, 5) is 11.5. The van der Waals surface area contributed by atoms with E-state index in [4.69, 9.17) is 0 Å². The van der Waals surface area contributed by atoms with Crippen molar-refractivity contribution in [1.82, 2.24) is 0 Å². The number of sulfonamides is 1. The highest BCUT2D eigenvalue weighted by atomic mass is 32.2. The summed E-state index contributed by atoms with van der Waals surface area (Å²) < 4.78 is 54.0. The number of methoxy groups -OCH3 is 1. The third-order valence-electron chi connectivity index (χ3n) is 3.66. The summed E-state index contributed by atoms with van der Waals surface area (Å²) in [6.07, 6.45) is 1.05. The average molecular weight is 399 g/mol. The van der Waals surface area contributed by atoms with Crippen molar-refractivity contribution in [3.63, 3.8) is 0 Å². The van der Waals surface area contributed by atoms with E-state index in [0.717, 1.165) is 35.9 Å². The Morgan fingerprint density at radius 3 is 2.04 bits per heavy atom. The van der Waals surface area contributed by atoms with Crippen LogP contribution in [0.15, 0.2) is 52.3 Å². The number of rotatable bonds is 5. The maximum Gasteiger partial charge on any atom is 0.341 e. The molecule has 0 radical (unpaired) electrons. The van der Waals surface area contributed by atoms with Crippen LogP contribution in [0.5, 0.6) is 5.75 Å². The second-order valence-corrected chi connectivity index (χ2v) is 9.39. The van der Waals surface area contributed by atoms with Crippen molar-refractivity contribution in [1.29, 1.82) is 0 Å². The third kappa shape index (κ3) is 3.81. The monoisotopic (exact) mass is 399 g/mol. The van der Waals surface area contributed by atoms with Crippen LogP contribution in [0.2, 0.25) is 0 Å². The van der Waals surface area contributed by atoms with Crippen molar-refractivity contribution in [3.8, 4) is 5.75 Å². The number of hydrogen-bond donors (Lipinski definition) is 1. The molecule has 10 heteroatoms. The minimum atomic E-state index is -4.06. The molecule has 0 aliphatic rings. The molecule has 1 N–H and O–H groups in total. The molecule has 0 amide bonds. The van der Waals surface area contributed by atoms with Gasteiger partial charge in [0.1, 0.15) is 11.3 Å². The predicted octanol–water partition coefficient (Wildman–Crippen LogP) is 1.41. The summed E-state index contributed by atoms with van der Waals surface area (Å²) in [7, 11) is -5.06. The van der Waals surface area contributed by atoms with E-state index in [-0.39, 0.29) is 21.0 Å². The highest BCUT2D eigenvalue weighted by molar-refractivity contribution is 7.92. The number of phenolic OH excluding ortho intramolecular Hbond substituents is 1. The van der Waals surface area contributed by atoms with Crippen LogP contribution in [-0.4, -0.2) is 48.3 Å². The second-order valence-electron chi connectivity index (χ2n) is 5.41.